The summed E-state index contributed by atoms with van der Waals surface area (Å²) in [6.45, 7) is 1.95. The molecule has 2 heterocycles. The number of cyclic esters (lactones) is 1. The van der Waals surface area contributed by atoms with Crippen LogP contribution in [-0.4, -0.2) is 29.9 Å². The van der Waals surface area contributed by atoms with E-state index >= 15 is 0 Å². The number of carbonyl (C=O) groups excluding carboxylic acids is 2. The van der Waals surface area contributed by atoms with E-state index in [2.05, 4.69) is 9.98 Å². The molecule has 0 amide bonds. The van der Waals surface area contributed by atoms with Crippen molar-refractivity contribution in [2.24, 2.45) is 4.99 Å². The van der Waals surface area contributed by atoms with E-state index in [1.165, 1.54) is 13.3 Å². The van der Waals surface area contributed by atoms with E-state index in [1.54, 1.807) is 42.6 Å². The molecule has 7 heteroatoms. The van der Waals surface area contributed by atoms with E-state index in [0.29, 0.717) is 16.9 Å². The van der Waals surface area contributed by atoms with E-state index < -0.39 is 11.9 Å². The Morgan fingerprint density at radius 1 is 1.06 bits per heavy atom. The van der Waals surface area contributed by atoms with E-state index in [-0.39, 0.29) is 17.3 Å². The smallest absolute Gasteiger partial charge is 0.363 e. The van der Waals surface area contributed by atoms with Crippen LogP contribution in [0, 0.1) is 6.92 Å². The molecule has 1 aliphatic heterocycles. The molecule has 0 saturated heterocycles. The highest BCUT2D eigenvalue weighted by atomic mass is 16.6. The number of carbonyl (C=O) groups is 2. The van der Waals surface area contributed by atoms with Gasteiger partial charge < -0.3 is 14.2 Å². The number of aliphatic imine (C=N–C) groups is 1. The highest BCUT2D eigenvalue weighted by Gasteiger charge is 2.24. The molecule has 0 N–H and O–H groups in total. The standard InChI is InChI=1S/C24H18N2O5/c1-15-5-3-6-17(11-15)22-26-19(24(28)31-22)12-16-8-9-20(21(13-16)29-2)30-23(27)18-7-4-10-25-14-18/h3-14H,1-2H3. The Labute approximate surface area is 178 Å². The van der Waals surface area contributed by atoms with Crippen molar-refractivity contribution in [3.8, 4) is 11.5 Å². The summed E-state index contributed by atoms with van der Waals surface area (Å²) in [6.07, 6.45) is 4.57. The number of pyridine rings is 1. The van der Waals surface area contributed by atoms with Crippen LogP contribution in [-0.2, 0) is 9.53 Å². The van der Waals surface area contributed by atoms with Crippen molar-refractivity contribution in [2.45, 2.75) is 6.92 Å². The van der Waals surface area contributed by atoms with Gasteiger partial charge in [0.15, 0.2) is 17.2 Å². The summed E-state index contributed by atoms with van der Waals surface area (Å²) >= 11 is 0. The van der Waals surface area contributed by atoms with Gasteiger partial charge in [0.2, 0.25) is 5.90 Å². The Morgan fingerprint density at radius 2 is 1.94 bits per heavy atom. The van der Waals surface area contributed by atoms with Gasteiger partial charge in [0, 0.05) is 18.0 Å². The van der Waals surface area contributed by atoms with Gasteiger partial charge in [0.25, 0.3) is 0 Å². The minimum atomic E-state index is -0.552. The molecule has 1 aromatic heterocycles. The van der Waals surface area contributed by atoms with Crippen molar-refractivity contribution in [3.63, 3.8) is 0 Å². The third-order valence-corrected chi connectivity index (χ3v) is 4.48. The molecule has 1 aliphatic rings. The molecule has 0 aliphatic carbocycles. The lowest BCUT2D eigenvalue weighted by atomic mass is 10.1. The molecular formula is C24H18N2O5. The Kier molecular flexibility index (Phi) is 5.57. The van der Waals surface area contributed by atoms with Crippen molar-refractivity contribution in [1.29, 1.82) is 0 Å². The Bertz CT molecular complexity index is 1220. The Morgan fingerprint density at radius 3 is 2.68 bits per heavy atom. The molecule has 7 nitrogen and oxygen atoms in total. The fourth-order valence-corrected chi connectivity index (χ4v) is 2.97. The van der Waals surface area contributed by atoms with E-state index in [4.69, 9.17) is 14.2 Å². The number of aromatic nitrogens is 1. The van der Waals surface area contributed by atoms with Gasteiger partial charge in [-0.15, -0.1) is 0 Å². The van der Waals surface area contributed by atoms with E-state index in [9.17, 15) is 9.59 Å². The van der Waals surface area contributed by atoms with Gasteiger partial charge in [0.05, 0.1) is 12.7 Å². The van der Waals surface area contributed by atoms with Crippen LogP contribution in [0.4, 0.5) is 0 Å². The zero-order valence-electron chi connectivity index (χ0n) is 16.9. The summed E-state index contributed by atoms with van der Waals surface area (Å²) in [5.74, 6) is -0.252. The van der Waals surface area contributed by atoms with Crippen molar-refractivity contribution in [1.82, 2.24) is 4.98 Å². The molecule has 154 valence electrons. The second-order valence-corrected chi connectivity index (χ2v) is 6.75. The summed E-state index contributed by atoms with van der Waals surface area (Å²) in [6, 6.07) is 15.7. The molecule has 0 fully saturated rings. The average molecular weight is 414 g/mol. The Balaban J connectivity index is 1.58. The van der Waals surface area contributed by atoms with E-state index in [1.807, 2.05) is 31.2 Å². The maximum atomic E-state index is 12.3. The van der Waals surface area contributed by atoms with Gasteiger partial charge >= 0.3 is 11.9 Å². The molecule has 31 heavy (non-hydrogen) atoms. The van der Waals surface area contributed by atoms with Gasteiger partial charge in [-0.05, 0) is 55.0 Å². The fraction of sp³-hybridized carbons (Fsp3) is 0.0833. The lowest BCUT2D eigenvalue weighted by Crippen LogP contribution is -2.09. The monoisotopic (exact) mass is 414 g/mol. The minimum absolute atomic E-state index is 0.165. The largest absolute Gasteiger partial charge is 0.493 e. The molecule has 0 atom stereocenters. The van der Waals surface area contributed by atoms with Gasteiger partial charge in [0.1, 0.15) is 0 Å². The highest BCUT2D eigenvalue weighted by Crippen LogP contribution is 2.30. The van der Waals surface area contributed by atoms with Gasteiger partial charge in [-0.25, -0.2) is 14.6 Å². The van der Waals surface area contributed by atoms with Crippen LogP contribution in [0.5, 0.6) is 11.5 Å². The molecular weight excluding hydrogens is 396 g/mol. The Hall–Kier alpha value is -4.26. The van der Waals surface area contributed by atoms with Crippen LogP contribution >= 0.6 is 0 Å². The van der Waals surface area contributed by atoms with Crippen LogP contribution in [0.2, 0.25) is 0 Å². The second-order valence-electron chi connectivity index (χ2n) is 6.75. The van der Waals surface area contributed by atoms with Crippen molar-refractivity contribution < 1.29 is 23.8 Å². The number of hydrogen-bond acceptors (Lipinski definition) is 7. The number of esters is 2. The topological polar surface area (TPSA) is 87.1 Å². The number of hydrogen-bond donors (Lipinski definition) is 0. The third kappa shape index (κ3) is 4.51. The first-order chi connectivity index (χ1) is 15.0. The minimum Gasteiger partial charge on any atom is -0.493 e. The lowest BCUT2D eigenvalue weighted by Gasteiger charge is -2.10. The van der Waals surface area contributed by atoms with Crippen LogP contribution < -0.4 is 9.47 Å². The predicted octanol–water partition coefficient (Wildman–Crippen LogP) is 3.96. The zero-order valence-corrected chi connectivity index (χ0v) is 16.9. The van der Waals surface area contributed by atoms with E-state index in [0.717, 1.165) is 11.1 Å². The molecule has 0 spiro atoms. The summed E-state index contributed by atoms with van der Waals surface area (Å²) in [5.41, 5.74) is 2.89. The van der Waals surface area contributed by atoms with Crippen molar-refractivity contribution in [3.05, 3.63) is 94.9 Å². The zero-order chi connectivity index (χ0) is 21.8. The number of aryl methyl sites for hydroxylation is 1. The quantitative estimate of drug-likeness (QED) is 0.357. The second kappa shape index (κ2) is 8.62. The van der Waals surface area contributed by atoms with Crippen LogP contribution in [0.1, 0.15) is 27.0 Å². The van der Waals surface area contributed by atoms with Crippen molar-refractivity contribution >= 4 is 23.9 Å². The maximum Gasteiger partial charge on any atom is 0.363 e. The fourth-order valence-electron chi connectivity index (χ4n) is 2.97. The number of nitrogens with zero attached hydrogens (tertiary/aromatic N) is 2. The van der Waals surface area contributed by atoms with Gasteiger partial charge in [-0.3, -0.25) is 4.98 Å². The number of ether oxygens (including phenoxy) is 3. The summed E-state index contributed by atoms with van der Waals surface area (Å²) in [4.78, 5) is 32.8. The van der Waals surface area contributed by atoms with Crippen LogP contribution in [0.25, 0.3) is 6.08 Å². The number of rotatable bonds is 5. The SMILES string of the molecule is COc1cc(C=C2N=C(c3cccc(C)c3)OC2=O)ccc1OC(=O)c1cccnc1. The average Bonchev–Trinajstić information content (AvgIpc) is 3.15. The molecule has 0 radical (unpaired) electrons. The predicted molar refractivity (Wildman–Crippen MR) is 114 cm³/mol. The lowest BCUT2D eigenvalue weighted by molar-refractivity contribution is -0.129. The molecule has 0 bridgehead atoms. The first-order valence-corrected chi connectivity index (χ1v) is 9.43. The first-order valence-electron chi connectivity index (χ1n) is 9.43. The number of benzene rings is 2. The molecule has 3 aromatic rings. The first kappa shape index (κ1) is 20.0. The van der Waals surface area contributed by atoms with Crippen LogP contribution in [0.15, 0.2) is 77.7 Å². The van der Waals surface area contributed by atoms with Gasteiger partial charge in [-0.1, -0.05) is 23.8 Å². The highest BCUT2D eigenvalue weighted by molar-refractivity contribution is 6.12. The van der Waals surface area contributed by atoms with Gasteiger partial charge in [-0.2, -0.15) is 0 Å². The van der Waals surface area contributed by atoms with Crippen molar-refractivity contribution in [2.75, 3.05) is 7.11 Å². The molecule has 0 saturated carbocycles. The normalized spacial score (nSPS) is 14.2. The molecule has 2 aromatic carbocycles. The third-order valence-electron chi connectivity index (χ3n) is 4.48. The maximum absolute atomic E-state index is 12.3. The molecule has 4 rings (SSSR count). The van der Waals surface area contributed by atoms with Crippen LogP contribution in [0.3, 0.4) is 0 Å². The summed E-state index contributed by atoms with van der Waals surface area (Å²) in [7, 11) is 1.46. The summed E-state index contributed by atoms with van der Waals surface area (Å²) < 4.78 is 16.1. The number of methoxy groups -OCH3 is 1. The summed E-state index contributed by atoms with van der Waals surface area (Å²) in [5, 5.41) is 0. The molecule has 0 unspecified atom stereocenters.